The molecule has 0 bridgehead atoms. The molecule has 2 aromatic heterocycles. The number of aromatic nitrogens is 2. The fraction of sp³-hybridized carbons (Fsp3) is 0.333. The average Bonchev–Trinajstić information content (AvgIpc) is 2.82. The van der Waals surface area contributed by atoms with Gasteiger partial charge in [-0.15, -0.1) is 0 Å². The fourth-order valence-corrected chi connectivity index (χ4v) is 1.71. The second kappa shape index (κ2) is 5.97. The zero-order chi connectivity index (χ0) is 16.3. The Balaban J connectivity index is 2.14. The van der Waals surface area contributed by atoms with Crippen LogP contribution in [-0.4, -0.2) is 27.5 Å². The van der Waals surface area contributed by atoms with Crippen molar-refractivity contribution < 1.29 is 14.1 Å². The first-order valence-electron chi connectivity index (χ1n) is 6.78. The van der Waals surface area contributed by atoms with Gasteiger partial charge in [-0.3, -0.25) is 14.6 Å². The number of nitrogens with one attached hydrogen (secondary N) is 2. The second-order valence-corrected chi connectivity index (χ2v) is 5.91. The van der Waals surface area contributed by atoms with E-state index in [1.54, 1.807) is 13.0 Å². The van der Waals surface area contributed by atoms with E-state index in [9.17, 15) is 9.59 Å². The summed E-state index contributed by atoms with van der Waals surface area (Å²) >= 11 is 0. The van der Waals surface area contributed by atoms with Crippen LogP contribution in [0, 0.1) is 6.92 Å². The Morgan fingerprint density at radius 1 is 1.18 bits per heavy atom. The lowest BCUT2D eigenvalue weighted by Gasteiger charge is -2.20. The number of hydrogen-bond acceptors (Lipinski definition) is 5. The third-order valence-electron chi connectivity index (χ3n) is 2.61. The number of carbonyl (C=O) groups is 2. The van der Waals surface area contributed by atoms with E-state index in [-0.39, 0.29) is 23.0 Å². The zero-order valence-corrected chi connectivity index (χ0v) is 12.9. The summed E-state index contributed by atoms with van der Waals surface area (Å²) in [4.78, 5) is 28.2. The highest BCUT2D eigenvalue weighted by Gasteiger charge is 2.18. The van der Waals surface area contributed by atoms with Crippen molar-refractivity contribution in [3.05, 3.63) is 41.4 Å². The van der Waals surface area contributed by atoms with Crippen molar-refractivity contribution in [2.45, 2.75) is 33.2 Å². The number of aryl methyl sites for hydroxylation is 1. The monoisotopic (exact) mass is 302 g/mol. The van der Waals surface area contributed by atoms with Crippen LogP contribution < -0.4 is 10.6 Å². The first-order chi connectivity index (χ1) is 10.2. The highest BCUT2D eigenvalue weighted by molar-refractivity contribution is 6.05. The lowest BCUT2D eigenvalue weighted by atomic mass is 10.1. The van der Waals surface area contributed by atoms with Crippen LogP contribution >= 0.6 is 0 Å². The number of amides is 2. The Kier molecular flexibility index (Phi) is 4.25. The standard InChI is InChI=1S/C15H18N4O3/c1-9-7-12(19-22-9)17-13(20)10-5-6-16-11(8-10)14(21)18-15(2,3)4/h5-8H,1-4H3,(H,18,21)(H,17,19,20). The third-order valence-corrected chi connectivity index (χ3v) is 2.61. The molecule has 0 aliphatic heterocycles. The quantitative estimate of drug-likeness (QED) is 0.905. The molecular formula is C15H18N4O3. The Hall–Kier alpha value is -2.70. The van der Waals surface area contributed by atoms with E-state index in [2.05, 4.69) is 20.8 Å². The highest BCUT2D eigenvalue weighted by atomic mass is 16.5. The number of pyridine rings is 1. The summed E-state index contributed by atoms with van der Waals surface area (Å²) in [5.74, 6) is 0.190. The van der Waals surface area contributed by atoms with Crippen molar-refractivity contribution in [3.63, 3.8) is 0 Å². The molecule has 0 saturated heterocycles. The van der Waals surface area contributed by atoms with E-state index in [4.69, 9.17) is 4.52 Å². The van der Waals surface area contributed by atoms with E-state index in [0.717, 1.165) is 0 Å². The van der Waals surface area contributed by atoms with Gasteiger partial charge in [0.15, 0.2) is 5.82 Å². The van der Waals surface area contributed by atoms with E-state index >= 15 is 0 Å². The van der Waals surface area contributed by atoms with Crippen molar-refractivity contribution in [3.8, 4) is 0 Å². The second-order valence-electron chi connectivity index (χ2n) is 5.91. The maximum Gasteiger partial charge on any atom is 0.270 e. The number of carbonyl (C=O) groups excluding carboxylic acids is 2. The number of hydrogen-bond donors (Lipinski definition) is 2. The van der Waals surface area contributed by atoms with Gasteiger partial charge < -0.3 is 15.2 Å². The molecule has 0 unspecified atom stereocenters. The zero-order valence-electron chi connectivity index (χ0n) is 12.9. The van der Waals surface area contributed by atoms with Crippen molar-refractivity contribution in [1.82, 2.24) is 15.5 Å². The van der Waals surface area contributed by atoms with Crippen LogP contribution in [0.2, 0.25) is 0 Å². The number of nitrogens with zero attached hydrogens (tertiary/aromatic N) is 2. The largest absolute Gasteiger partial charge is 0.360 e. The SMILES string of the molecule is Cc1cc(NC(=O)c2ccnc(C(=O)NC(C)(C)C)c2)no1. The summed E-state index contributed by atoms with van der Waals surface area (Å²) in [6.45, 7) is 7.33. The van der Waals surface area contributed by atoms with Gasteiger partial charge in [-0.05, 0) is 39.8 Å². The van der Waals surface area contributed by atoms with Gasteiger partial charge in [0.25, 0.3) is 11.8 Å². The van der Waals surface area contributed by atoms with Gasteiger partial charge in [-0.25, -0.2) is 0 Å². The molecule has 0 radical (unpaired) electrons. The molecule has 2 N–H and O–H groups in total. The van der Waals surface area contributed by atoms with Crippen LogP contribution in [0.15, 0.2) is 28.9 Å². The number of anilines is 1. The van der Waals surface area contributed by atoms with Crippen LogP contribution in [0.5, 0.6) is 0 Å². The van der Waals surface area contributed by atoms with Crippen molar-refractivity contribution >= 4 is 17.6 Å². The predicted octanol–water partition coefficient (Wildman–Crippen LogP) is 2.16. The molecule has 0 aromatic carbocycles. The first-order valence-corrected chi connectivity index (χ1v) is 6.78. The van der Waals surface area contributed by atoms with Crippen LogP contribution in [-0.2, 0) is 0 Å². The molecule has 2 amide bonds. The summed E-state index contributed by atoms with van der Waals surface area (Å²) in [5.41, 5.74) is 0.114. The molecule has 0 saturated carbocycles. The van der Waals surface area contributed by atoms with E-state index in [1.165, 1.54) is 18.3 Å². The molecule has 0 fully saturated rings. The minimum absolute atomic E-state index is 0.180. The fourth-order valence-electron chi connectivity index (χ4n) is 1.71. The Morgan fingerprint density at radius 2 is 1.91 bits per heavy atom. The average molecular weight is 302 g/mol. The lowest BCUT2D eigenvalue weighted by molar-refractivity contribution is 0.0914. The molecule has 2 aromatic rings. The first kappa shape index (κ1) is 15.7. The summed E-state index contributed by atoms with van der Waals surface area (Å²) < 4.78 is 4.88. The smallest absolute Gasteiger partial charge is 0.270 e. The molecule has 22 heavy (non-hydrogen) atoms. The summed E-state index contributed by atoms with van der Waals surface area (Å²) in [6, 6.07) is 4.56. The van der Waals surface area contributed by atoms with Crippen molar-refractivity contribution in [2.24, 2.45) is 0 Å². The van der Waals surface area contributed by atoms with Crippen LogP contribution in [0.25, 0.3) is 0 Å². The van der Waals surface area contributed by atoms with E-state index in [0.29, 0.717) is 17.1 Å². The molecule has 2 rings (SSSR count). The van der Waals surface area contributed by atoms with Crippen LogP contribution in [0.3, 0.4) is 0 Å². The Bertz CT molecular complexity index is 701. The van der Waals surface area contributed by atoms with Gasteiger partial charge >= 0.3 is 0 Å². The molecule has 0 spiro atoms. The molecular weight excluding hydrogens is 284 g/mol. The minimum atomic E-state index is -0.388. The molecule has 0 aliphatic carbocycles. The van der Waals surface area contributed by atoms with Gasteiger partial charge in [0.2, 0.25) is 0 Å². The number of rotatable bonds is 3. The molecule has 2 heterocycles. The highest BCUT2D eigenvalue weighted by Crippen LogP contribution is 2.10. The van der Waals surface area contributed by atoms with Crippen molar-refractivity contribution in [2.75, 3.05) is 5.32 Å². The van der Waals surface area contributed by atoms with Crippen LogP contribution in [0.1, 0.15) is 47.4 Å². The summed E-state index contributed by atoms with van der Waals surface area (Å²) in [6.07, 6.45) is 1.42. The Labute approximate surface area is 128 Å². The van der Waals surface area contributed by atoms with Gasteiger partial charge in [0.1, 0.15) is 11.5 Å². The minimum Gasteiger partial charge on any atom is -0.360 e. The van der Waals surface area contributed by atoms with Gasteiger partial charge in [0, 0.05) is 23.4 Å². The lowest BCUT2D eigenvalue weighted by Crippen LogP contribution is -2.41. The van der Waals surface area contributed by atoms with E-state index in [1.807, 2.05) is 20.8 Å². The maximum absolute atomic E-state index is 12.1. The topological polar surface area (TPSA) is 97.1 Å². The predicted molar refractivity (Wildman–Crippen MR) is 80.6 cm³/mol. The molecule has 7 nitrogen and oxygen atoms in total. The van der Waals surface area contributed by atoms with Crippen LogP contribution in [0.4, 0.5) is 5.82 Å². The molecule has 7 heteroatoms. The third kappa shape index (κ3) is 4.15. The maximum atomic E-state index is 12.1. The summed E-state index contributed by atoms with van der Waals surface area (Å²) in [5, 5.41) is 9.07. The normalized spacial score (nSPS) is 11.1. The molecule has 0 aliphatic rings. The van der Waals surface area contributed by atoms with E-state index < -0.39 is 0 Å². The summed E-state index contributed by atoms with van der Waals surface area (Å²) in [7, 11) is 0. The van der Waals surface area contributed by atoms with Gasteiger partial charge in [-0.2, -0.15) is 0 Å². The molecule has 0 atom stereocenters. The Morgan fingerprint density at radius 3 is 2.50 bits per heavy atom. The van der Waals surface area contributed by atoms with Crippen molar-refractivity contribution in [1.29, 1.82) is 0 Å². The van der Waals surface area contributed by atoms with Gasteiger partial charge in [0.05, 0.1) is 0 Å². The molecule has 116 valence electrons. The van der Waals surface area contributed by atoms with Gasteiger partial charge in [-0.1, -0.05) is 5.16 Å².